The van der Waals surface area contributed by atoms with Gasteiger partial charge in [-0.25, -0.2) is 0 Å². The summed E-state index contributed by atoms with van der Waals surface area (Å²) in [4.78, 5) is 11.2. The van der Waals surface area contributed by atoms with Crippen LogP contribution in [0.4, 0.5) is 13.2 Å². The zero-order chi connectivity index (χ0) is 10.6. The summed E-state index contributed by atoms with van der Waals surface area (Å²) in [5.41, 5.74) is 0. The van der Waals surface area contributed by atoms with E-state index >= 15 is 0 Å². The van der Waals surface area contributed by atoms with Crippen molar-refractivity contribution in [1.82, 2.24) is 0 Å². The van der Waals surface area contributed by atoms with Gasteiger partial charge in [-0.1, -0.05) is 19.3 Å². The Morgan fingerprint density at radius 3 is 2.36 bits per heavy atom. The van der Waals surface area contributed by atoms with E-state index in [0.29, 0.717) is 12.3 Å². The van der Waals surface area contributed by atoms with Crippen LogP contribution >= 0.6 is 0 Å². The smallest absolute Gasteiger partial charge is 0.300 e. The highest BCUT2D eigenvalue weighted by Gasteiger charge is 2.27. The Balaban J connectivity index is 2.03. The molecule has 0 aromatic carbocycles. The molecule has 14 heavy (non-hydrogen) atoms. The summed E-state index contributed by atoms with van der Waals surface area (Å²) in [7, 11) is 0. The Labute approximate surface area is 81.7 Å². The lowest BCUT2D eigenvalue weighted by Crippen LogP contribution is -2.16. The van der Waals surface area contributed by atoms with Crippen LogP contribution in [0.25, 0.3) is 0 Å². The minimum atomic E-state index is -4.11. The molecule has 1 aliphatic carbocycles. The minimum absolute atomic E-state index is 0.000972. The number of halogens is 3. The highest BCUT2D eigenvalue weighted by atomic mass is 19.4. The average molecular weight is 208 g/mol. The van der Waals surface area contributed by atoms with E-state index in [9.17, 15) is 18.0 Å². The lowest BCUT2D eigenvalue weighted by Gasteiger charge is -2.24. The topological polar surface area (TPSA) is 17.1 Å². The van der Waals surface area contributed by atoms with Crippen molar-refractivity contribution in [3.8, 4) is 0 Å². The first-order chi connectivity index (χ1) is 6.47. The molecule has 82 valence electrons. The Kier molecular flexibility index (Phi) is 3.96. The van der Waals surface area contributed by atoms with Crippen molar-refractivity contribution in [3.05, 3.63) is 0 Å². The van der Waals surface area contributed by atoms with Crippen LogP contribution in [0.3, 0.4) is 0 Å². The van der Waals surface area contributed by atoms with Crippen molar-refractivity contribution in [2.24, 2.45) is 5.92 Å². The van der Waals surface area contributed by atoms with Gasteiger partial charge in [-0.15, -0.1) is 0 Å². The fourth-order valence-corrected chi connectivity index (χ4v) is 1.61. The van der Waals surface area contributed by atoms with E-state index in [1.807, 2.05) is 0 Å². The number of Topliss-reactive ketones (excluding diaryl/α,β-unsaturated/α-hetero) is 1. The van der Waals surface area contributed by atoms with Crippen LogP contribution in [0.2, 0.25) is 0 Å². The van der Waals surface area contributed by atoms with Crippen LogP contribution in [0, 0.1) is 5.92 Å². The van der Waals surface area contributed by atoms with Gasteiger partial charge in [0, 0.05) is 19.3 Å². The Morgan fingerprint density at radius 1 is 1.29 bits per heavy atom. The van der Waals surface area contributed by atoms with E-state index in [0.717, 1.165) is 12.8 Å². The summed E-state index contributed by atoms with van der Waals surface area (Å²) >= 11 is 0. The van der Waals surface area contributed by atoms with Crippen LogP contribution in [0.15, 0.2) is 0 Å². The minimum Gasteiger partial charge on any atom is -0.300 e. The molecule has 0 aromatic heterocycles. The number of carbonyl (C=O) groups is 1. The van der Waals surface area contributed by atoms with Gasteiger partial charge in [0.1, 0.15) is 5.78 Å². The van der Waals surface area contributed by atoms with Gasteiger partial charge in [0.15, 0.2) is 0 Å². The zero-order valence-corrected chi connectivity index (χ0v) is 8.07. The molecule has 0 amide bonds. The summed E-state index contributed by atoms with van der Waals surface area (Å²) in [6.07, 6.45) is -1.08. The van der Waals surface area contributed by atoms with Gasteiger partial charge in [0.05, 0.1) is 0 Å². The normalized spacial score (nSPS) is 17.9. The van der Waals surface area contributed by atoms with Crippen molar-refractivity contribution < 1.29 is 18.0 Å². The van der Waals surface area contributed by atoms with E-state index in [-0.39, 0.29) is 18.6 Å². The monoisotopic (exact) mass is 208 g/mol. The maximum absolute atomic E-state index is 11.7. The molecule has 0 bridgehead atoms. The Morgan fingerprint density at radius 2 is 1.93 bits per heavy atom. The highest BCUT2D eigenvalue weighted by Crippen LogP contribution is 2.30. The fraction of sp³-hybridized carbons (Fsp3) is 0.900. The second kappa shape index (κ2) is 4.80. The van der Waals surface area contributed by atoms with Gasteiger partial charge in [-0.2, -0.15) is 13.2 Å². The molecule has 0 spiro atoms. The quantitative estimate of drug-likeness (QED) is 0.676. The molecular formula is C10H15F3O. The number of hydrogen-bond acceptors (Lipinski definition) is 1. The predicted octanol–water partition coefficient (Wildman–Crippen LogP) is 3.48. The molecule has 0 aliphatic heterocycles. The zero-order valence-electron chi connectivity index (χ0n) is 8.07. The molecule has 0 atom stereocenters. The van der Waals surface area contributed by atoms with Crippen LogP contribution in [-0.2, 0) is 4.79 Å². The summed E-state index contributed by atoms with van der Waals surface area (Å²) in [6, 6.07) is 0. The van der Waals surface area contributed by atoms with Crippen molar-refractivity contribution in [1.29, 1.82) is 0 Å². The molecule has 4 heteroatoms. The summed E-state index contributed by atoms with van der Waals surface area (Å²) in [6.45, 7) is 0. The van der Waals surface area contributed by atoms with Crippen molar-refractivity contribution in [2.75, 3.05) is 0 Å². The lowest BCUT2D eigenvalue weighted by molar-refractivity contribution is -0.137. The van der Waals surface area contributed by atoms with Crippen molar-refractivity contribution in [2.45, 2.75) is 51.1 Å². The summed E-state index contributed by atoms with van der Waals surface area (Å²) in [5, 5.41) is 0. The first-order valence-corrected chi connectivity index (χ1v) is 5.06. The molecule has 0 aromatic rings. The second-order valence-electron chi connectivity index (χ2n) is 4.01. The molecular weight excluding hydrogens is 193 g/mol. The molecule has 1 nitrogen and oxygen atoms in total. The third kappa shape index (κ3) is 4.63. The van der Waals surface area contributed by atoms with Gasteiger partial charge in [-0.3, -0.25) is 4.79 Å². The van der Waals surface area contributed by atoms with E-state index in [1.54, 1.807) is 0 Å². The summed E-state index contributed by atoms with van der Waals surface area (Å²) < 4.78 is 35.2. The molecule has 0 radical (unpaired) electrons. The summed E-state index contributed by atoms with van der Waals surface area (Å²) in [5.74, 6) is 0.465. The highest BCUT2D eigenvalue weighted by molar-refractivity contribution is 5.78. The maximum Gasteiger partial charge on any atom is 0.389 e. The number of rotatable bonds is 5. The average Bonchev–Trinajstić information content (AvgIpc) is 1.94. The maximum atomic E-state index is 11.7. The van der Waals surface area contributed by atoms with Gasteiger partial charge < -0.3 is 0 Å². The van der Waals surface area contributed by atoms with Gasteiger partial charge in [0.25, 0.3) is 0 Å². The third-order valence-corrected chi connectivity index (χ3v) is 2.66. The molecule has 0 N–H and O–H groups in total. The molecule has 1 fully saturated rings. The lowest BCUT2D eigenvalue weighted by atomic mass is 9.81. The van der Waals surface area contributed by atoms with E-state index < -0.39 is 12.6 Å². The Bertz CT molecular complexity index is 194. The van der Waals surface area contributed by atoms with Crippen LogP contribution < -0.4 is 0 Å². The predicted molar refractivity (Wildman–Crippen MR) is 46.9 cm³/mol. The van der Waals surface area contributed by atoms with Gasteiger partial charge >= 0.3 is 6.18 Å². The molecule has 0 unspecified atom stereocenters. The SMILES string of the molecule is O=C(CCCC(F)(F)F)CC1CCC1. The van der Waals surface area contributed by atoms with E-state index in [2.05, 4.69) is 0 Å². The third-order valence-electron chi connectivity index (χ3n) is 2.66. The molecule has 1 aliphatic rings. The second-order valence-corrected chi connectivity index (χ2v) is 4.01. The van der Waals surface area contributed by atoms with Gasteiger partial charge in [-0.05, 0) is 12.3 Å². The van der Waals surface area contributed by atoms with Gasteiger partial charge in [0.2, 0.25) is 0 Å². The fourth-order valence-electron chi connectivity index (χ4n) is 1.61. The number of carbonyl (C=O) groups excluding carboxylic acids is 1. The van der Waals surface area contributed by atoms with Crippen molar-refractivity contribution in [3.63, 3.8) is 0 Å². The Hall–Kier alpha value is -0.540. The number of ketones is 1. The molecule has 0 heterocycles. The van der Waals surface area contributed by atoms with E-state index in [1.165, 1.54) is 6.42 Å². The van der Waals surface area contributed by atoms with Crippen molar-refractivity contribution >= 4 is 5.78 Å². The molecule has 1 rings (SSSR count). The first-order valence-electron chi connectivity index (χ1n) is 5.06. The number of alkyl halides is 3. The van der Waals surface area contributed by atoms with Crippen LogP contribution in [-0.4, -0.2) is 12.0 Å². The largest absolute Gasteiger partial charge is 0.389 e. The van der Waals surface area contributed by atoms with Crippen LogP contribution in [0.5, 0.6) is 0 Å². The molecule has 0 saturated heterocycles. The molecule has 1 saturated carbocycles. The van der Waals surface area contributed by atoms with E-state index in [4.69, 9.17) is 0 Å². The number of hydrogen-bond donors (Lipinski definition) is 0. The standard InChI is InChI=1S/C10H15F3O/c11-10(12,13)6-2-5-9(14)7-8-3-1-4-8/h8H,1-7H2. The first kappa shape index (κ1) is 11.5. The van der Waals surface area contributed by atoms with Crippen LogP contribution in [0.1, 0.15) is 44.9 Å².